The number of aliphatic hydroxyl groups excluding tert-OH is 1. The average Bonchev–Trinajstić information content (AvgIpc) is 3.65. The van der Waals surface area contributed by atoms with Gasteiger partial charge >= 0.3 is 6.09 Å². The minimum Gasteiger partial charge on any atom is -0.450 e. The number of amides is 5. The number of aliphatic hydroxyl groups is 1. The Morgan fingerprint density at radius 1 is 0.875 bits per heavy atom. The maximum Gasteiger partial charge on any atom is 0.410 e. The Balaban J connectivity index is 2.28. The lowest BCUT2D eigenvalue weighted by Crippen LogP contribution is -2.60. The number of carbonyl (C=O) groups is 5. The number of ether oxygens (including phenoxy) is 3. The Labute approximate surface area is 335 Å². The van der Waals surface area contributed by atoms with Crippen LogP contribution in [0.15, 0.2) is 30.3 Å². The lowest BCUT2D eigenvalue weighted by atomic mass is 9.89. The van der Waals surface area contributed by atoms with Crippen LogP contribution in [0.1, 0.15) is 99.7 Å². The van der Waals surface area contributed by atoms with Crippen molar-refractivity contribution in [3.63, 3.8) is 0 Å². The van der Waals surface area contributed by atoms with Gasteiger partial charge in [0.15, 0.2) is 0 Å². The van der Waals surface area contributed by atoms with Crippen molar-refractivity contribution >= 4 is 29.7 Å². The summed E-state index contributed by atoms with van der Waals surface area (Å²) in [6, 6.07) is 5.90. The average molecular weight is 790 g/mol. The summed E-state index contributed by atoms with van der Waals surface area (Å²) < 4.78 is 17.1. The fourth-order valence-corrected chi connectivity index (χ4v) is 7.92. The predicted molar refractivity (Wildman–Crippen MR) is 215 cm³/mol. The van der Waals surface area contributed by atoms with Crippen molar-refractivity contribution in [2.75, 3.05) is 41.5 Å². The van der Waals surface area contributed by atoms with Crippen LogP contribution in [0.3, 0.4) is 0 Å². The first-order valence-corrected chi connectivity index (χ1v) is 20.2. The van der Waals surface area contributed by atoms with E-state index in [0.29, 0.717) is 24.9 Å². The van der Waals surface area contributed by atoms with Gasteiger partial charge in [-0.15, -0.1) is 0 Å². The molecule has 0 radical (unpaired) electrons. The standard InChI is InChI=1S/C42H71N5O9/c1-14-27(7)36(45(10)41(52)34(25(3)4)44-40(51)35(26(5)6)46(11)42(53)56-15-2)32(54-12)24-33(48)47-23-19-22-31(47)38(55-13)28(8)39(50)43-29(9)37(49)30-20-17-16-18-21-30/h16-18,20-21,25-29,31-32,34-38,49H,14-15,19,22-24H2,1-13H3,(H,43,50)(H,44,51)/t27-,28+,29+,31-,32+,34-,35-,36-,37-,38+/m0/s1. The second-order valence-electron chi connectivity index (χ2n) is 16.0. The summed E-state index contributed by atoms with van der Waals surface area (Å²) in [7, 11) is 6.26. The molecule has 5 amide bonds. The lowest BCUT2D eigenvalue weighted by Gasteiger charge is -2.41. The third kappa shape index (κ3) is 12.4. The molecule has 1 fully saturated rings. The minimum absolute atomic E-state index is 0.0184. The van der Waals surface area contributed by atoms with E-state index in [4.69, 9.17) is 14.2 Å². The van der Waals surface area contributed by atoms with Gasteiger partial charge in [0.2, 0.25) is 23.6 Å². The maximum absolute atomic E-state index is 14.3. The smallest absolute Gasteiger partial charge is 0.410 e. The van der Waals surface area contributed by atoms with Crippen LogP contribution in [0.4, 0.5) is 4.79 Å². The molecule has 14 nitrogen and oxygen atoms in total. The Morgan fingerprint density at radius 2 is 1.50 bits per heavy atom. The van der Waals surface area contributed by atoms with Crippen LogP contribution < -0.4 is 10.6 Å². The molecule has 1 aromatic rings. The number of nitrogens with one attached hydrogen (secondary N) is 2. The Morgan fingerprint density at radius 3 is 2.02 bits per heavy atom. The summed E-state index contributed by atoms with van der Waals surface area (Å²) in [6.45, 7) is 17.2. The van der Waals surface area contributed by atoms with Crippen LogP contribution >= 0.6 is 0 Å². The monoisotopic (exact) mass is 790 g/mol. The second-order valence-corrected chi connectivity index (χ2v) is 16.0. The van der Waals surface area contributed by atoms with Crippen molar-refractivity contribution in [1.82, 2.24) is 25.3 Å². The molecule has 3 N–H and O–H groups in total. The molecule has 10 atom stereocenters. The van der Waals surface area contributed by atoms with Gasteiger partial charge in [-0.25, -0.2) is 4.79 Å². The van der Waals surface area contributed by atoms with Crippen molar-refractivity contribution in [3.05, 3.63) is 35.9 Å². The first kappa shape index (κ1) is 48.4. The molecule has 1 saturated heterocycles. The molecule has 14 heteroatoms. The predicted octanol–water partition coefficient (Wildman–Crippen LogP) is 4.40. The molecule has 0 saturated carbocycles. The zero-order chi connectivity index (χ0) is 42.4. The highest BCUT2D eigenvalue weighted by Gasteiger charge is 2.43. The van der Waals surface area contributed by atoms with E-state index in [-0.39, 0.29) is 54.5 Å². The van der Waals surface area contributed by atoms with Gasteiger partial charge in [-0.3, -0.25) is 24.1 Å². The van der Waals surface area contributed by atoms with Gasteiger partial charge < -0.3 is 39.8 Å². The Bertz CT molecular complexity index is 1410. The third-order valence-corrected chi connectivity index (χ3v) is 11.3. The normalized spacial score (nSPS) is 19.2. The molecule has 1 aliphatic rings. The molecule has 0 unspecified atom stereocenters. The number of benzene rings is 1. The maximum atomic E-state index is 14.3. The number of likely N-dealkylation sites (N-methyl/N-ethyl adjacent to an activating group) is 2. The molecule has 56 heavy (non-hydrogen) atoms. The zero-order valence-corrected chi connectivity index (χ0v) is 36.1. The first-order valence-electron chi connectivity index (χ1n) is 20.2. The number of hydrogen-bond acceptors (Lipinski definition) is 9. The number of likely N-dealkylation sites (tertiary alicyclic amines) is 1. The van der Waals surface area contributed by atoms with Gasteiger partial charge in [0.1, 0.15) is 12.1 Å². The fraction of sp³-hybridized carbons (Fsp3) is 0.738. The molecule has 0 aliphatic carbocycles. The Hall–Kier alpha value is -3.75. The van der Waals surface area contributed by atoms with Crippen LogP contribution in [0, 0.1) is 23.7 Å². The van der Waals surface area contributed by atoms with Crippen LogP contribution in [-0.4, -0.2) is 133 Å². The van der Waals surface area contributed by atoms with E-state index in [1.807, 2.05) is 71.9 Å². The summed E-state index contributed by atoms with van der Waals surface area (Å²) in [5.41, 5.74) is 0.697. The second kappa shape index (κ2) is 22.9. The summed E-state index contributed by atoms with van der Waals surface area (Å²) in [5.74, 6) is -2.53. The van der Waals surface area contributed by atoms with Gasteiger partial charge in [-0.05, 0) is 50.0 Å². The zero-order valence-electron chi connectivity index (χ0n) is 36.1. The van der Waals surface area contributed by atoms with E-state index >= 15 is 0 Å². The molecule has 1 heterocycles. The highest BCUT2D eigenvalue weighted by molar-refractivity contribution is 5.91. The van der Waals surface area contributed by atoms with E-state index in [1.54, 1.807) is 37.6 Å². The Kier molecular flexibility index (Phi) is 19.8. The first-order chi connectivity index (χ1) is 26.4. The SMILES string of the molecule is CCOC(=O)N(C)[C@H](C(=O)N[C@H](C(=O)N(C)[C@@H]([C@@H](C)CC)[C@@H](CC(=O)N1CCC[C@H]1[C@H](OC)[C@@H](C)C(=O)N[C@H](C)[C@H](O)c1ccccc1)OC)C(C)C)C(C)C. The van der Waals surface area contributed by atoms with Gasteiger partial charge in [-0.1, -0.05) is 85.2 Å². The van der Waals surface area contributed by atoms with Crippen molar-refractivity contribution in [3.8, 4) is 0 Å². The van der Waals surface area contributed by atoms with Crippen LogP contribution in [0.25, 0.3) is 0 Å². The highest BCUT2D eigenvalue weighted by atomic mass is 16.6. The van der Waals surface area contributed by atoms with E-state index < -0.39 is 60.4 Å². The molecule has 318 valence electrons. The summed E-state index contributed by atoms with van der Waals surface area (Å²) in [4.78, 5) is 72.9. The molecule has 0 bridgehead atoms. The van der Waals surface area contributed by atoms with Gasteiger partial charge in [0.25, 0.3) is 0 Å². The van der Waals surface area contributed by atoms with E-state index in [9.17, 15) is 29.1 Å². The van der Waals surface area contributed by atoms with Crippen LogP contribution in [0.2, 0.25) is 0 Å². The largest absolute Gasteiger partial charge is 0.450 e. The minimum atomic E-state index is -0.918. The van der Waals surface area contributed by atoms with E-state index in [1.165, 1.54) is 26.2 Å². The molecule has 0 aromatic heterocycles. The van der Waals surface area contributed by atoms with E-state index in [0.717, 1.165) is 6.42 Å². The van der Waals surface area contributed by atoms with Crippen molar-refractivity contribution in [2.24, 2.45) is 23.7 Å². The highest BCUT2D eigenvalue weighted by Crippen LogP contribution is 2.30. The van der Waals surface area contributed by atoms with E-state index in [2.05, 4.69) is 10.6 Å². The number of hydrogen-bond donors (Lipinski definition) is 3. The quantitative estimate of drug-likeness (QED) is 0.164. The lowest BCUT2D eigenvalue weighted by molar-refractivity contribution is -0.148. The number of nitrogens with zero attached hydrogens (tertiary/aromatic N) is 3. The van der Waals surface area contributed by atoms with Crippen LogP contribution in [-0.2, 0) is 33.4 Å². The molecular formula is C42H71N5O9. The van der Waals surface area contributed by atoms with Crippen molar-refractivity contribution < 1.29 is 43.3 Å². The fourth-order valence-electron chi connectivity index (χ4n) is 7.92. The third-order valence-electron chi connectivity index (χ3n) is 11.3. The number of methoxy groups -OCH3 is 2. The number of rotatable bonds is 21. The van der Waals surface area contributed by atoms with Crippen LogP contribution in [0.5, 0.6) is 0 Å². The summed E-state index contributed by atoms with van der Waals surface area (Å²) in [5, 5.41) is 16.7. The molecular weight excluding hydrogens is 718 g/mol. The molecule has 1 aliphatic heterocycles. The van der Waals surface area contributed by atoms with Gasteiger partial charge in [-0.2, -0.15) is 0 Å². The summed E-state index contributed by atoms with van der Waals surface area (Å²) >= 11 is 0. The van der Waals surface area contributed by atoms with Crippen molar-refractivity contribution in [1.29, 1.82) is 0 Å². The summed E-state index contributed by atoms with van der Waals surface area (Å²) in [6.07, 6.45) is -0.757. The molecule has 2 rings (SSSR count). The van der Waals surface area contributed by atoms with Crippen molar-refractivity contribution in [2.45, 2.75) is 137 Å². The molecule has 1 aromatic carbocycles. The number of carbonyl (C=O) groups excluding carboxylic acids is 5. The topological polar surface area (TPSA) is 167 Å². The molecule has 0 spiro atoms. The van der Waals surface area contributed by atoms with Gasteiger partial charge in [0, 0.05) is 34.9 Å². The van der Waals surface area contributed by atoms with Gasteiger partial charge in [0.05, 0.1) is 55.4 Å².